The standard InChI is InChI=1S/C11H25NO3Si/c1-4-13-16(14-5-2,15-6-3)11-7-8-12-9-10-12/h4-11H2,1-3H3. The third-order valence-corrected chi connectivity index (χ3v) is 5.74. The highest BCUT2D eigenvalue weighted by atomic mass is 28.4. The Bertz CT molecular complexity index is 171. The average molecular weight is 247 g/mol. The summed E-state index contributed by atoms with van der Waals surface area (Å²) in [4.78, 5) is 2.42. The van der Waals surface area contributed by atoms with Crippen molar-refractivity contribution < 1.29 is 13.3 Å². The fraction of sp³-hybridized carbons (Fsp3) is 1.00. The summed E-state index contributed by atoms with van der Waals surface area (Å²) < 4.78 is 17.4. The van der Waals surface area contributed by atoms with Crippen LogP contribution < -0.4 is 0 Å². The van der Waals surface area contributed by atoms with Gasteiger partial charge < -0.3 is 18.2 Å². The van der Waals surface area contributed by atoms with Gasteiger partial charge >= 0.3 is 8.80 Å². The van der Waals surface area contributed by atoms with Gasteiger partial charge in [-0.2, -0.15) is 0 Å². The molecule has 0 atom stereocenters. The van der Waals surface area contributed by atoms with Crippen molar-refractivity contribution in [3.05, 3.63) is 0 Å². The second kappa shape index (κ2) is 7.40. The molecule has 0 unspecified atom stereocenters. The van der Waals surface area contributed by atoms with Gasteiger partial charge in [0.05, 0.1) is 0 Å². The van der Waals surface area contributed by atoms with Crippen LogP contribution in [0.15, 0.2) is 0 Å². The van der Waals surface area contributed by atoms with E-state index in [0.29, 0.717) is 19.8 Å². The van der Waals surface area contributed by atoms with Crippen molar-refractivity contribution in [3.8, 4) is 0 Å². The summed E-state index contributed by atoms with van der Waals surface area (Å²) in [6.07, 6.45) is 1.12. The zero-order chi connectivity index (χ0) is 11.9. The zero-order valence-electron chi connectivity index (χ0n) is 10.8. The van der Waals surface area contributed by atoms with Gasteiger partial charge in [-0.1, -0.05) is 0 Å². The molecule has 0 saturated carbocycles. The van der Waals surface area contributed by atoms with E-state index in [1.54, 1.807) is 0 Å². The minimum Gasteiger partial charge on any atom is -0.374 e. The Morgan fingerprint density at radius 2 is 1.44 bits per heavy atom. The van der Waals surface area contributed by atoms with Gasteiger partial charge in [0, 0.05) is 39.0 Å². The predicted octanol–water partition coefficient (Wildman–Crippen LogP) is 1.74. The Morgan fingerprint density at radius 3 is 1.81 bits per heavy atom. The molecular weight excluding hydrogens is 222 g/mol. The highest BCUT2D eigenvalue weighted by molar-refractivity contribution is 6.60. The Hall–Kier alpha value is 0.0569. The third-order valence-electron chi connectivity index (χ3n) is 2.59. The molecule has 0 aromatic carbocycles. The molecule has 1 saturated heterocycles. The van der Waals surface area contributed by atoms with Crippen molar-refractivity contribution >= 4 is 8.80 Å². The normalized spacial score (nSPS) is 16.7. The Kier molecular flexibility index (Phi) is 6.53. The van der Waals surface area contributed by atoms with Gasteiger partial charge in [-0.25, -0.2) is 0 Å². The molecule has 0 amide bonds. The molecule has 5 heteroatoms. The Labute approximate surface area is 100 Å². The molecule has 1 rings (SSSR count). The summed E-state index contributed by atoms with van der Waals surface area (Å²) in [6, 6.07) is 0.943. The van der Waals surface area contributed by atoms with Gasteiger partial charge in [-0.15, -0.1) is 0 Å². The van der Waals surface area contributed by atoms with Crippen molar-refractivity contribution in [3.63, 3.8) is 0 Å². The van der Waals surface area contributed by atoms with Gasteiger partial charge in [0.25, 0.3) is 0 Å². The van der Waals surface area contributed by atoms with E-state index in [9.17, 15) is 0 Å². The van der Waals surface area contributed by atoms with E-state index in [1.807, 2.05) is 20.8 Å². The maximum absolute atomic E-state index is 5.79. The number of rotatable bonds is 10. The van der Waals surface area contributed by atoms with Crippen LogP contribution >= 0.6 is 0 Å². The third kappa shape index (κ3) is 4.93. The monoisotopic (exact) mass is 247 g/mol. The van der Waals surface area contributed by atoms with E-state index in [0.717, 1.165) is 19.0 Å². The summed E-state index contributed by atoms with van der Waals surface area (Å²) in [5.74, 6) is 0. The second-order valence-electron chi connectivity index (χ2n) is 3.93. The molecule has 0 aliphatic carbocycles. The fourth-order valence-electron chi connectivity index (χ4n) is 1.81. The summed E-state index contributed by atoms with van der Waals surface area (Å²) in [5, 5.41) is 0. The summed E-state index contributed by atoms with van der Waals surface area (Å²) in [7, 11) is -2.36. The molecule has 4 nitrogen and oxygen atoms in total. The lowest BCUT2D eigenvalue weighted by molar-refractivity contribution is 0.0706. The van der Waals surface area contributed by atoms with Crippen LogP contribution in [-0.2, 0) is 13.3 Å². The van der Waals surface area contributed by atoms with Crippen LogP contribution in [0, 0.1) is 0 Å². The van der Waals surface area contributed by atoms with Crippen molar-refractivity contribution in [2.24, 2.45) is 0 Å². The SMILES string of the molecule is CCO[Si](CCCN1CC1)(OCC)OCC. The first-order valence-corrected chi connectivity index (χ1v) is 8.33. The van der Waals surface area contributed by atoms with Crippen molar-refractivity contribution in [1.82, 2.24) is 4.90 Å². The molecule has 0 aromatic heterocycles. The first-order valence-electron chi connectivity index (χ1n) is 6.40. The lowest BCUT2D eigenvalue weighted by Crippen LogP contribution is -2.46. The number of nitrogens with zero attached hydrogens (tertiary/aromatic N) is 1. The van der Waals surface area contributed by atoms with Gasteiger partial charge in [-0.3, -0.25) is 0 Å². The largest absolute Gasteiger partial charge is 0.500 e. The molecule has 0 aromatic rings. The van der Waals surface area contributed by atoms with E-state index in [2.05, 4.69) is 4.90 Å². The van der Waals surface area contributed by atoms with Gasteiger partial charge in [0.2, 0.25) is 0 Å². The minimum atomic E-state index is -2.36. The summed E-state index contributed by atoms with van der Waals surface area (Å²) in [5.41, 5.74) is 0. The van der Waals surface area contributed by atoms with Crippen molar-refractivity contribution in [1.29, 1.82) is 0 Å². The van der Waals surface area contributed by atoms with Crippen LogP contribution in [0.1, 0.15) is 27.2 Å². The molecule has 16 heavy (non-hydrogen) atoms. The van der Waals surface area contributed by atoms with Crippen LogP contribution in [0.3, 0.4) is 0 Å². The van der Waals surface area contributed by atoms with Crippen LogP contribution in [-0.4, -0.2) is 53.2 Å². The van der Waals surface area contributed by atoms with Crippen LogP contribution in [0.4, 0.5) is 0 Å². The summed E-state index contributed by atoms with van der Waals surface area (Å²) in [6.45, 7) is 11.7. The maximum atomic E-state index is 5.79. The van der Waals surface area contributed by atoms with Gasteiger partial charge in [0.1, 0.15) is 0 Å². The van der Waals surface area contributed by atoms with Crippen molar-refractivity contribution in [2.75, 3.05) is 39.5 Å². The second-order valence-corrected chi connectivity index (χ2v) is 6.66. The van der Waals surface area contributed by atoms with E-state index in [1.165, 1.54) is 13.1 Å². The van der Waals surface area contributed by atoms with Crippen LogP contribution in [0.25, 0.3) is 0 Å². The number of hydrogen-bond donors (Lipinski definition) is 0. The first-order chi connectivity index (χ1) is 7.76. The van der Waals surface area contributed by atoms with Crippen LogP contribution in [0.5, 0.6) is 0 Å². The quantitative estimate of drug-likeness (QED) is 0.434. The molecule has 96 valence electrons. The minimum absolute atomic E-state index is 0.677. The zero-order valence-corrected chi connectivity index (χ0v) is 11.8. The first kappa shape index (κ1) is 14.1. The van der Waals surface area contributed by atoms with Crippen molar-refractivity contribution in [2.45, 2.75) is 33.2 Å². The smallest absolute Gasteiger partial charge is 0.374 e. The van der Waals surface area contributed by atoms with E-state index in [-0.39, 0.29) is 0 Å². The molecule has 1 aliphatic rings. The maximum Gasteiger partial charge on any atom is 0.500 e. The van der Waals surface area contributed by atoms with E-state index >= 15 is 0 Å². The highest BCUT2D eigenvalue weighted by Crippen LogP contribution is 2.19. The lowest BCUT2D eigenvalue weighted by atomic mass is 10.5. The summed E-state index contributed by atoms with van der Waals surface area (Å²) >= 11 is 0. The molecular formula is C11H25NO3Si. The van der Waals surface area contributed by atoms with Gasteiger partial charge in [0.15, 0.2) is 0 Å². The van der Waals surface area contributed by atoms with Gasteiger partial charge in [-0.05, 0) is 33.7 Å². The molecule has 0 N–H and O–H groups in total. The Morgan fingerprint density at radius 1 is 0.938 bits per heavy atom. The topological polar surface area (TPSA) is 30.7 Å². The Balaban J connectivity index is 2.36. The highest BCUT2D eigenvalue weighted by Gasteiger charge is 2.39. The number of hydrogen-bond acceptors (Lipinski definition) is 4. The fourth-order valence-corrected chi connectivity index (χ4v) is 4.41. The van der Waals surface area contributed by atoms with Crippen LogP contribution in [0.2, 0.25) is 6.04 Å². The average Bonchev–Trinajstić information content (AvgIpc) is 3.03. The predicted molar refractivity (Wildman–Crippen MR) is 66.5 cm³/mol. The van der Waals surface area contributed by atoms with E-state index < -0.39 is 8.80 Å². The molecule has 1 heterocycles. The molecule has 0 bridgehead atoms. The lowest BCUT2D eigenvalue weighted by Gasteiger charge is -2.28. The molecule has 1 fully saturated rings. The molecule has 0 spiro atoms. The molecule has 1 aliphatic heterocycles. The molecule has 0 radical (unpaired) electrons. The van der Waals surface area contributed by atoms with E-state index in [4.69, 9.17) is 13.3 Å².